The number of benzene rings is 2. The molecule has 34 heavy (non-hydrogen) atoms. The SMILES string of the molecule is CC(C)(C)OC(=O)N(C/C=C/C1=CC(c2ccccc2)Oc2ccccc21)C(=O)OC(C)(C)C. The van der Waals surface area contributed by atoms with E-state index in [0.717, 1.165) is 27.3 Å². The zero-order valence-electron chi connectivity index (χ0n) is 20.7. The standard InChI is InChI=1S/C28H33NO5/c1-27(2,3)33-25(30)29(26(31)34-28(4,5)6)18-12-15-21-19-24(20-13-8-7-9-14-20)32-23-17-11-10-16-22(21)23/h7-17,19,24H,18H2,1-6H3/b15-12+. The van der Waals surface area contributed by atoms with Crippen LogP contribution in [0, 0.1) is 0 Å². The van der Waals surface area contributed by atoms with Crippen LogP contribution < -0.4 is 4.74 Å². The van der Waals surface area contributed by atoms with Crippen LogP contribution in [0.3, 0.4) is 0 Å². The molecule has 2 aromatic carbocycles. The first-order valence-electron chi connectivity index (χ1n) is 11.4. The van der Waals surface area contributed by atoms with Gasteiger partial charge in [-0.1, -0.05) is 60.7 Å². The van der Waals surface area contributed by atoms with Gasteiger partial charge in [-0.25, -0.2) is 14.5 Å². The lowest BCUT2D eigenvalue weighted by molar-refractivity contribution is 0.00373. The van der Waals surface area contributed by atoms with E-state index in [1.807, 2.05) is 66.7 Å². The summed E-state index contributed by atoms with van der Waals surface area (Å²) >= 11 is 0. The summed E-state index contributed by atoms with van der Waals surface area (Å²) in [7, 11) is 0. The molecular formula is C28H33NO5. The van der Waals surface area contributed by atoms with E-state index in [0.29, 0.717) is 0 Å². The Labute approximate surface area is 201 Å². The Morgan fingerprint density at radius 1 is 0.882 bits per heavy atom. The summed E-state index contributed by atoms with van der Waals surface area (Å²) in [6, 6.07) is 17.7. The first kappa shape index (κ1) is 25.1. The van der Waals surface area contributed by atoms with Gasteiger partial charge in [-0.15, -0.1) is 0 Å². The van der Waals surface area contributed by atoms with Crippen LogP contribution in [0.15, 0.2) is 72.8 Å². The van der Waals surface area contributed by atoms with E-state index in [1.54, 1.807) is 47.6 Å². The number of amides is 2. The molecular weight excluding hydrogens is 430 g/mol. The van der Waals surface area contributed by atoms with E-state index in [-0.39, 0.29) is 12.6 Å². The van der Waals surface area contributed by atoms with Gasteiger partial charge in [-0.3, -0.25) is 0 Å². The maximum atomic E-state index is 12.7. The van der Waals surface area contributed by atoms with Crippen LogP contribution in [0.25, 0.3) is 5.57 Å². The molecule has 2 aromatic rings. The molecule has 2 amide bonds. The fourth-order valence-corrected chi connectivity index (χ4v) is 3.33. The molecule has 0 bridgehead atoms. The average Bonchev–Trinajstić information content (AvgIpc) is 2.74. The highest BCUT2D eigenvalue weighted by atomic mass is 16.6. The number of carbonyl (C=O) groups is 2. The zero-order valence-corrected chi connectivity index (χ0v) is 20.7. The summed E-state index contributed by atoms with van der Waals surface area (Å²) < 4.78 is 17.0. The topological polar surface area (TPSA) is 65.1 Å². The van der Waals surface area contributed by atoms with Gasteiger partial charge >= 0.3 is 12.2 Å². The number of carbonyl (C=O) groups excluding carboxylic acids is 2. The highest BCUT2D eigenvalue weighted by Gasteiger charge is 2.30. The summed E-state index contributed by atoms with van der Waals surface area (Å²) in [5.41, 5.74) is 1.42. The van der Waals surface area contributed by atoms with Gasteiger partial charge in [0.15, 0.2) is 0 Å². The van der Waals surface area contributed by atoms with Gasteiger partial charge in [0.05, 0.1) is 6.54 Å². The average molecular weight is 464 g/mol. The summed E-state index contributed by atoms with van der Waals surface area (Å²) in [4.78, 5) is 26.4. The van der Waals surface area contributed by atoms with Crippen molar-refractivity contribution >= 4 is 17.8 Å². The zero-order chi connectivity index (χ0) is 24.9. The van der Waals surface area contributed by atoms with Gasteiger partial charge in [0.2, 0.25) is 0 Å². The van der Waals surface area contributed by atoms with Crippen LogP contribution in [0.4, 0.5) is 9.59 Å². The summed E-state index contributed by atoms with van der Waals surface area (Å²) in [5.74, 6) is 0.773. The Kier molecular flexibility index (Phi) is 7.50. The van der Waals surface area contributed by atoms with Gasteiger partial charge in [0.1, 0.15) is 23.1 Å². The van der Waals surface area contributed by atoms with Crippen molar-refractivity contribution < 1.29 is 23.8 Å². The van der Waals surface area contributed by atoms with Gasteiger partial charge in [-0.2, -0.15) is 0 Å². The molecule has 0 aromatic heterocycles. The van der Waals surface area contributed by atoms with Crippen LogP contribution in [0.1, 0.15) is 58.8 Å². The maximum Gasteiger partial charge on any atom is 0.420 e. The third-order valence-corrected chi connectivity index (χ3v) is 4.72. The molecule has 0 radical (unpaired) electrons. The fraction of sp³-hybridized carbons (Fsp3) is 0.357. The maximum absolute atomic E-state index is 12.7. The number of hydrogen-bond donors (Lipinski definition) is 0. The molecule has 3 rings (SSSR count). The minimum Gasteiger partial charge on any atom is -0.481 e. The summed E-state index contributed by atoms with van der Waals surface area (Å²) in [6.45, 7) is 10.5. The van der Waals surface area contributed by atoms with Crippen LogP contribution in [0.5, 0.6) is 5.75 Å². The Morgan fingerprint density at radius 2 is 1.44 bits per heavy atom. The second kappa shape index (κ2) is 10.2. The number of imide groups is 1. The van der Waals surface area contributed by atoms with Crippen LogP contribution >= 0.6 is 0 Å². The second-order valence-corrected chi connectivity index (χ2v) is 10.0. The molecule has 6 heteroatoms. The first-order chi connectivity index (χ1) is 15.9. The van der Waals surface area contributed by atoms with Gasteiger partial charge in [0.25, 0.3) is 0 Å². The molecule has 6 nitrogen and oxygen atoms in total. The Bertz CT molecular complexity index is 1050. The molecule has 1 atom stereocenters. The predicted molar refractivity (Wildman–Crippen MR) is 133 cm³/mol. The lowest BCUT2D eigenvalue weighted by Gasteiger charge is -2.28. The lowest BCUT2D eigenvalue weighted by Crippen LogP contribution is -2.43. The molecule has 1 aliphatic heterocycles. The minimum atomic E-state index is -0.755. The van der Waals surface area contributed by atoms with E-state index in [9.17, 15) is 9.59 Å². The predicted octanol–water partition coefficient (Wildman–Crippen LogP) is 6.93. The molecule has 1 heterocycles. The number of fused-ring (bicyclic) bond motifs is 1. The van der Waals surface area contributed by atoms with Crippen molar-refractivity contribution in [3.63, 3.8) is 0 Å². The van der Waals surface area contributed by atoms with Gasteiger partial charge < -0.3 is 14.2 Å². The smallest absolute Gasteiger partial charge is 0.420 e. The first-order valence-corrected chi connectivity index (χ1v) is 11.4. The molecule has 0 N–H and O–H groups in total. The van der Waals surface area contributed by atoms with Crippen molar-refractivity contribution in [2.24, 2.45) is 0 Å². The number of ether oxygens (including phenoxy) is 3. The molecule has 0 saturated heterocycles. The lowest BCUT2D eigenvalue weighted by atomic mass is 9.96. The Balaban J connectivity index is 1.86. The molecule has 0 saturated carbocycles. The Morgan fingerprint density at radius 3 is 2.03 bits per heavy atom. The normalized spacial score (nSPS) is 15.7. The van der Waals surface area contributed by atoms with E-state index in [2.05, 4.69) is 0 Å². The van der Waals surface area contributed by atoms with Gasteiger partial charge in [0, 0.05) is 5.56 Å². The van der Waals surface area contributed by atoms with Crippen LogP contribution in [-0.4, -0.2) is 34.8 Å². The summed E-state index contributed by atoms with van der Waals surface area (Å²) in [5, 5.41) is 0. The third kappa shape index (κ3) is 6.98. The van der Waals surface area contributed by atoms with Crippen molar-refractivity contribution in [1.82, 2.24) is 4.90 Å². The summed E-state index contributed by atoms with van der Waals surface area (Å²) in [6.07, 6.45) is 3.91. The highest BCUT2D eigenvalue weighted by Crippen LogP contribution is 2.37. The largest absolute Gasteiger partial charge is 0.481 e. The van der Waals surface area contributed by atoms with Crippen molar-refractivity contribution in [3.8, 4) is 5.75 Å². The monoisotopic (exact) mass is 463 g/mol. The second-order valence-electron chi connectivity index (χ2n) is 10.0. The van der Waals surface area contributed by atoms with E-state index >= 15 is 0 Å². The molecule has 180 valence electrons. The number of para-hydroxylation sites is 1. The van der Waals surface area contributed by atoms with E-state index in [1.165, 1.54) is 0 Å². The van der Waals surface area contributed by atoms with Crippen molar-refractivity contribution in [1.29, 1.82) is 0 Å². The fourth-order valence-electron chi connectivity index (χ4n) is 3.33. The van der Waals surface area contributed by atoms with Crippen LogP contribution in [-0.2, 0) is 9.47 Å². The van der Waals surface area contributed by atoms with Crippen molar-refractivity contribution in [2.45, 2.75) is 58.8 Å². The number of allylic oxidation sites excluding steroid dienone is 2. The minimum absolute atomic E-state index is 0.000193. The molecule has 1 unspecified atom stereocenters. The van der Waals surface area contributed by atoms with E-state index < -0.39 is 23.4 Å². The number of rotatable bonds is 4. The van der Waals surface area contributed by atoms with Gasteiger partial charge in [-0.05, 0) is 64.8 Å². The molecule has 0 fully saturated rings. The molecule has 0 aliphatic carbocycles. The highest BCUT2D eigenvalue weighted by molar-refractivity contribution is 5.88. The number of nitrogens with zero attached hydrogens (tertiary/aromatic N) is 1. The molecule has 0 spiro atoms. The van der Waals surface area contributed by atoms with E-state index in [4.69, 9.17) is 14.2 Å². The van der Waals surface area contributed by atoms with Crippen LogP contribution in [0.2, 0.25) is 0 Å². The Hall–Kier alpha value is -3.54. The quantitative estimate of drug-likeness (QED) is 0.492. The van der Waals surface area contributed by atoms with Crippen molar-refractivity contribution in [3.05, 3.63) is 84.0 Å². The van der Waals surface area contributed by atoms with Crippen molar-refractivity contribution in [2.75, 3.05) is 6.54 Å². The molecule has 1 aliphatic rings. The number of hydrogen-bond acceptors (Lipinski definition) is 5. The third-order valence-electron chi connectivity index (χ3n) is 4.72.